The van der Waals surface area contributed by atoms with Gasteiger partial charge in [0.15, 0.2) is 0 Å². The Morgan fingerprint density at radius 2 is 1.95 bits per heavy atom. The van der Waals surface area contributed by atoms with Crippen LogP contribution < -0.4 is 5.73 Å². The molecule has 2 aliphatic heterocycles. The zero-order chi connectivity index (χ0) is 14.7. The van der Waals surface area contributed by atoms with E-state index < -0.39 is 5.54 Å². The highest BCUT2D eigenvalue weighted by Crippen LogP contribution is 2.24. The number of aliphatic hydroxyl groups excluding tert-OH is 1. The second-order valence-electron chi connectivity index (χ2n) is 6.60. The quantitative estimate of drug-likeness (QED) is 0.868. The van der Waals surface area contributed by atoms with Crippen molar-refractivity contribution in [2.45, 2.75) is 30.8 Å². The number of aliphatic hydroxyl groups is 1. The van der Waals surface area contributed by atoms with Gasteiger partial charge in [0.2, 0.25) is 0 Å². The van der Waals surface area contributed by atoms with Gasteiger partial charge in [-0.1, -0.05) is 36.8 Å². The number of hydrogen-bond acceptors (Lipinski definition) is 4. The van der Waals surface area contributed by atoms with Gasteiger partial charge in [-0.05, 0) is 24.9 Å². The smallest absolute Gasteiger partial charge is 0.0772 e. The van der Waals surface area contributed by atoms with Crippen molar-refractivity contribution in [2.75, 3.05) is 39.3 Å². The molecular weight excluding hydrogens is 262 g/mol. The van der Waals surface area contributed by atoms with Crippen LogP contribution in [-0.2, 0) is 5.54 Å². The lowest BCUT2D eigenvalue weighted by Crippen LogP contribution is -2.59. The zero-order valence-electron chi connectivity index (χ0n) is 12.7. The third-order valence-corrected chi connectivity index (χ3v) is 5.06. The van der Waals surface area contributed by atoms with Gasteiger partial charge in [-0.25, -0.2) is 0 Å². The van der Waals surface area contributed by atoms with Gasteiger partial charge in [-0.15, -0.1) is 0 Å². The van der Waals surface area contributed by atoms with Crippen LogP contribution in [0.1, 0.15) is 24.8 Å². The van der Waals surface area contributed by atoms with Gasteiger partial charge in [0.1, 0.15) is 0 Å². The Hall–Kier alpha value is -0.940. The molecule has 116 valence electrons. The molecule has 1 aromatic rings. The van der Waals surface area contributed by atoms with E-state index in [0.717, 1.165) is 31.7 Å². The summed E-state index contributed by atoms with van der Waals surface area (Å²) in [4.78, 5) is 5.06. The molecule has 3 rings (SSSR count). The maximum absolute atomic E-state index is 9.84. The lowest BCUT2D eigenvalue weighted by atomic mass is 9.90. The minimum absolute atomic E-state index is 0.0120. The van der Waals surface area contributed by atoms with Crippen LogP contribution in [0.3, 0.4) is 0 Å². The van der Waals surface area contributed by atoms with Crippen LogP contribution in [0.5, 0.6) is 0 Å². The van der Waals surface area contributed by atoms with E-state index in [1.807, 2.05) is 30.3 Å². The highest BCUT2D eigenvalue weighted by molar-refractivity contribution is 5.24. The fraction of sp³-hybridized carbons (Fsp3) is 0.647. The van der Waals surface area contributed by atoms with Gasteiger partial charge < -0.3 is 10.8 Å². The van der Waals surface area contributed by atoms with Gasteiger partial charge in [0.05, 0.1) is 12.1 Å². The number of fused-ring (bicyclic) bond motifs is 1. The van der Waals surface area contributed by atoms with Crippen molar-refractivity contribution in [3.8, 4) is 0 Å². The second-order valence-corrected chi connectivity index (χ2v) is 6.60. The highest BCUT2D eigenvalue weighted by Gasteiger charge is 2.34. The molecule has 1 aromatic carbocycles. The average Bonchev–Trinajstić information content (AvgIpc) is 2.55. The Bertz CT molecular complexity index is 453. The molecule has 0 radical (unpaired) electrons. The molecule has 0 saturated carbocycles. The monoisotopic (exact) mass is 289 g/mol. The van der Waals surface area contributed by atoms with Crippen molar-refractivity contribution in [3.05, 3.63) is 35.9 Å². The number of hydrogen-bond donors (Lipinski definition) is 2. The van der Waals surface area contributed by atoms with Crippen molar-refractivity contribution in [2.24, 2.45) is 5.73 Å². The van der Waals surface area contributed by atoms with Crippen molar-refractivity contribution in [3.63, 3.8) is 0 Å². The summed E-state index contributed by atoms with van der Waals surface area (Å²) in [6.07, 6.45) is 4.00. The SMILES string of the molecule is NC(CO)(CN1CCN2CCCCC2C1)c1ccccc1. The highest BCUT2D eigenvalue weighted by atomic mass is 16.3. The summed E-state index contributed by atoms with van der Waals surface area (Å²) in [6.45, 7) is 5.26. The van der Waals surface area contributed by atoms with Crippen LogP contribution in [0.15, 0.2) is 30.3 Å². The molecule has 21 heavy (non-hydrogen) atoms. The molecule has 2 unspecified atom stereocenters. The summed E-state index contributed by atoms with van der Waals surface area (Å²) in [5, 5.41) is 9.84. The first-order valence-corrected chi connectivity index (χ1v) is 8.13. The van der Waals surface area contributed by atoms with Crippen LogP contribution >= 0.6 is 0 Å². The fourth-order valence-corrected chi connectivity index (χ4v) is 3.77. The Labute approximate surface area is 127 Å². The Balaban J connectivity index is 1.67. The Morgan fingerprint density at radius 1 is 1.14 bits per heavy atom. The third-order valence-electron chi connectivity index (χ3n) is 5.06. The molecule has 2 aliphatic rings. The predicted molar refractivity (Wildman–Crippen MR) is 85.0 cm³/mol. The lowest BCUT2D eigenvalue weighted by Gasteiger charge is -2.46. The van der Waals surface area contributed by atoms with Crippen molar-refractivity contribution >= 4 is 0 Å². The Kier molecular flexibility index (Phi) is 4.60. The number of nitrogens with two attached hydrogens (primary N) is 1. The summed E-state index contributed by atoms with van der Waals surface area (Å²) in [5.41, 5.74) is 6.88. The summed E-state index contributed by atoms with van der Waals surface area (Å²) < 4.78 is 0. The van der Waals surface area contributed by atoms with E-state index >= 15 is 0 Å². The van der Waals surface area contributed by atoms with E-state index in [9.17, 15) is 5.11 Å². The van der Waals surface area contributed by atoms with E-state index in [4.69, 9.17) is 5.73 Å². The largest absolute Gasteiger partial charge is 0.394 e. The molecule has 0 aromatic heterocycles. The minimum atomic E-state index is -0.655. The van der Waals surface area contributed by atoms with Crippen LogP contribution in [0, 0.1) is 0 Å². The number of piperazine rings is 1. The first-order chi connectivity index (χ1) is 10.2. The number of benzene rings is 1. The van der Waals surface area contributed by atoms with E-state index in [0.29, 0.717) is 6.04 Å². The Morgan fingerprint density at radius 3 is 2.71 bits per heavy atom. The third kappa shape index (κ3) is 3.29. The molecule has 2 heterocycles. The lowest BCUT2D eigenvalue weighted by molar-refractivity contribution is 0.0298. The van der Waals surface area contributed by atoms with E-state index in [2.05, 4.69) is 9.80 Å². The molecule has 0 spiro atoms. The fourth-order valence-electron chi connectivity index (χ4n) is 3.77. The topological polar surface area (TPSA) is 52.7 Å². The summed E-state index contributed by atoms with van der Waals surface area (Å²) in [7, 11) is 0. The van der Waals surface area contributed by atoms with Gasteiger partial charge >= 0.3 is 0 Å². The van der Waals surface area contributed by atoms with Crippen LogP contribution in [-0.4, -0.2) is 60.3 Å². The first-order valence-electron chi connectivity index (χ1n) is 8.13. The summed E-state index contributed by atoms with van der Waals surface area (Å²) in [5.74, 6) is 0. The van der Waals surface area contributed by atoms with Crippen molar-refractivity contribution < 1.29 is 5.11 Å². The maximum atomic E-state index is 9.84. The molecular formula is C17H27N3O. The molecule has 3 N–H and O–H groups in total. The summed E-state index contributed by atoms with van der Waals surface area (Å²) in [6, 6.07) is 10.7. The van der Waals surface area contributed by atoms with Gasteiger partial charge in [-0.3, -0.25) is 9.80 Å². The second kappa shape index (κ2) is 6.44. The molecule has 2 fully saturated rings. The number of rotatable bonds is 4. The average molecular weight is 289 g/mol. The van der Waals surface area contributed by atoms with Crippen molar-refractivity contribution in [1.29, 1.82) is 0 Å². The molecule has 4 nitrogen and oxygen atoms in total. The maximum Gasteiger partial charge on any atom is 0.0772 e. The number of piperidine rings is 1. The van der Waals surface area contributed by atoms with Gasteiger partial charge in [0, 0.05) is 32.2 Å². The normalized spacial score (nSPS) is 27.0. The standard InChI is InChI=1S/C17H27N3O/c18-17(14-21,15-6-2-1-3-7-15)13-19-10-11-20-9-5-4-8-16(20)12-19/h1-3,6-7,16,21H,4-5,8-14,18H2. The minimum Gasteiger partial charge on any atom is -0.394 e. The molecule has 0 amide bonds. The van der Waals surface area contributed by atoms with Crippen molar-refractivity contribution in [1.82, 2.24) is 9.80 Å². The van der Waals surface area contributed by atoms with Crippen LogP contribution in [0.2, 0.25) is 0 Å². The van der Waals surface area contributed by atoms with Gasteiger partial charge in [0.25, 0.3) is 0 Å². The zero-order valence-corrected chi connectivity index (χ0v) is 12.7. The molecule has 2 atom stereocenters. The van der Waals surface area contributed by atoms with E-state index in [-0.39, 0.29) is 6.61 Å². The molecule has 0 bridgehead atoms. The van der Waals surface area contributed by atoms with Crippen LogP contribution in [0.4, 0.5) is 0 Å². The summed E-state index contributed by atoms with van der Waals surface area (Å²) >= 11 is 0. The van der Waals surface area contributed by atoms with Gasteiger partial charge in [-0.2, -0.15) is 0 Å². The predicted octanol–water partition coefficient (Wildman–Crippen LogP) is 1.00. The van der Waals surface area contributed by atoms with E-state index in [1.165, 1.54) is 25.8 Å². The number of nitrogens with zero attached hydrogens (tertiary/aromatic N) is 2. The molecule has 0 aliphatic carbocycles. The first kappa shape index (κ1) is 15.0. The molecule has 2 saturated heterocycles. The van der Waals surface area contributed by atoms with Crippen LogP contribution in [0.25, 0.3) is 0 Å². The van der Waals surface area contributed by atoms with E-state index in [1.54, 1.807) is 0 Å². The molecule has 4 heteroatoms.